The van der Waals surface area contributed by atoms with Crippen LogP contribution < -0.4 is 11.1 Å². The minimum atomic E-state index is -3.45. The summed E-state index contributed by atoms with van der Waals surface area (Å²) in [7, 11) is -0.445. The van der Waals surface area contributed by atoms with Crippen molar-refractivity contribution in [1.82, 2.24) is 4.31 Å². The zero-order valence-corrected chi connectivity index (χ0v) is 13.3. The molecule has 1 unspecified atom stereocenters. The Morgan fingerprint density at radius 3 is 2.76 bits per heavy atom. The average molecular weight is 313 g/mol. The maximum absolute atomic E-state index is 12.0. The van der Waals surface area contributed by atoms with Gasteiger partial charge in [0.2, 0.25) is 10.0 Å². The average Bonchev–Trinajstić information content (AvgIpc) is 2.46. The molecule has 1 fully saturated rings. The van der Waals surface area contributed by atoms with Crippen molar-refractivity contribution >= 4 is 21.4 Å². The van der Waals surface area contributed by atoms with Crippen molar-refractivity contribution in [3.8, 4) is 0 Å². The molecule has 0 aromatic heterocycles. The van der Waals surface area contributed by atoms with Crippen LogP contribution in [0.2, 0.25) is 0 Å². The number of nitrogens with zero attached hydrogens (tertiary/aromatic N) is 1. The van der Waals surface area contributed by atoms with Gasteiger partial charge in [0.15, 0.2) is 0 Å². The Morgan fingerprint density at radius 1 is 1.43 bits per heavy atom. The Labute approximate surface area is 126 Å². The second kappa shape index (κ2) is 6.64. The fourth-order valence-electron chi connectivity index (χ4n) is 2.30. The zero-order valence-electron chi connectivity index (χ0n) is 12.5. The van der Waals surface area contributed by atoms with E-state index < -0.39 is 10.0 Å². The summed E-state index contributed by atoms with van der Waals surface area (Å²) in [4.78, 5) is 0.205. The van der Waals surface area contributed by atoms with Crippen LogP contribution in [0.5, 0.6) is 0 Å². The first-order valence-electron chi connectivity index (χ1n) is 7.05. The number of ether oxygens (including phenoxy) is 1. The Morgan fingerprint density at radius 2 is 2.19 bits per heavy atom. The second-order valence-corrected chi connectivity index (χ2v) is 7.65. The summed E-state index contributed by atoms with van der Waals surface area (Å²) in [5, 5.41) is 3.28. The van der Waals surface area contributed by atoms with Crippen molar-refractivity contribution in [1.29, 1.82) is 0 Å². The van der Waals surface area contributed by atoms with Gasteiger partial charge in [0.25, 0.3) is 0 Å². The van der Waals surface area contributed by atoms with Crippen molar-refractivity contribution in [2.45, 2.75) is 17.7 Å². The number of anilines is 2. The van der Waals surface area contributed by atoms with Gasteiger partial charge in [-0.25, -0.2) is 12.7 Å². The van der Waals surface area contributed by atoms with Crippen LogP contribution in [0, 0.1) is 5.92 Å². The Hall–Kier alpha value is -1.31. The fourth-order valence-corrected chi connectivity index (χ4v) is 3.23. The van der Waals surface area contributed by atoms with Gasteiger partial charge in [-0.2, -0.15) is 0 Å². The van der Waals surface area contributed by atoms with Gasteiger partial charge in [-0.1, -0.05) is 0 Å². The largest absolute Gasteiger partial charge is 0.397 e. The molecular weight excluding hydrogens is 290 g/mol. The molecular formula is C14H23N3O3S. The van der Waals surface area contributed by atoms with Crippen molar-refractivity contribution in [2.24, 2.45) is 5.92 Å². The summed E-state index contributed by atoms with van der Waals surface area (Å²) in [6, 6.07) is 4.79. The smallest absolute Gasteiger partial charge is 0.242 e. The lowest BCUT2D eigenvalue weighted by Gasteiger charge is -2.23. The third-order valence-corrected chi connectivity index (χ3v) is 5.45. The molecule has 0 bridgehead atoms. The number of nitrogens with two attached hydrogens (primary N) is 1. The summed E-state index contributed by atoms with van der Waals surface area (Å²) < 4.78 is 30.7. The van der Waals surface area contributed by atoms with E-state index in [-0.39, 0.29) is 4.90 Å². The normalized spacial score (nSPS) is 19.7. The molecule has 2 rings (SSSR count). The highest BCUT2D eigenvalue weighted by Gasteiger charge is 2.18. The molecule has 1 aromatic rings. The van der Waals surface area contributed by atoms with Gasteiger partial charge in [0.05, 0.1) is 22.9 Å². The topological polar surface area (TPSA) is 84.7 Å². The third-order valence-electron chi connectivity index (χ3n) is 3.64. The minimum absolute atomic E-state index is 0.205. The van der Waals surface area contributed by atoms with Crippen LogP contribution in [0.4, 0.5) is 11.4 Å². The number of nitrogen functional groups attached to an aromatic ring is 1. The number of nitrogens with one attached hydrogen (secondary N) is 1. The molecule has 6 nitrogen and oxygen atoms in total. The molecule has 1 saturated heterocycles. The monoisotopic (exact) mass is 313 g/mol. The van der Waals surface area contributed by atoms with Crippen LogP contribution in [0.1, 0.15) is 12.8 Å². The standard InChI is InChI=1S/C14H23N3O3S/c1-17(2)21(18,19)12-5-6-14(13(15)8-12)16-9-11-4-3-7-20-10-11/h5-6,8,11,16H,3-4,7,9-10,15H2,1-2H3. The zero-order chi connectivity index (χ0) is 15.5. The maximum atomic E-state index is 12.0. The SMILES string of the molecule is CN(C)S(=O)(=O)c1ccc(NCC2CCCOC2)c(N)c1. The van der Waals surface area contributed by atoms with Gasteiger partial charge in [0.1, 0.15) is 0 Å². The van der Waals surface area contributed by atoms with Crippen LogP contribution in [-0.2, 0) is 14.8 Å². The van der Waals surface area contributed by atoms with Crippen molar-refractivity contribution in [3.63, 3.8) is 0 Å². The number of benzene rings is 1. The van der Waals surface area contributed by atoms with E-state index in [1.165, 1.54) is 24.5 Å². The molecule has 1 aliphatic rings. The lowest BCUT2D eigenvalue weighted by molar-refractivity contribution is 0.0595. The highest BCUT2D eigenvalue weighted by atomic mass is 32.2. The lowest BCUT2D eigenvalue weighted by Crippen LogP contribution is -2.25. The Kier molecular flexibility index (Phi) is 5.08. The van der Waals surface area contributed by atoms with Crippen LogP contribution in [0.15, 0.2) is 23.1 Å². The van der Waals surface area contributed by atoms with E-state index in [1.807, 2.05) is 0 Å². The molecule has 0 aliphatic carbocycles. The van der Waals surface area contributed by atoms with Crippen molar-refractivity contribution < 1.29 is 13.2 Å². The van der Waals surface area contributed by atoms with Gasteiger partial charge < -0.3 is 15.8 Å². The van der Waals surface area contributed by atoms with Crippen molar-refractivity contribution in [3.05, 3.63) is 18.2 Å². The molecule has 1 aromatic carbocycles. The summed E-state index contributed by atoms with van der Waals surface area (Å²) in [6.45, 7) is 2.39. The summed E-state index contributed by atoms with van der Waals surface area (Å²) in [6.07, 6.45) is 2.22. The molecule has 3 N–H and O–H groups in total. The highest BCUT2D eigenvalue weighted by Crippen LogP contribution is 2.25. The van der Waals surface area contributed by atoms with E-state index in [0.717, 1.165) is 38.3 Å². The molecule has 1 atom stereocenters. The van der Waals surface area contributed by atoms with E-state index in [2.05, 4.69) is 5.32 Å². The number of rotatable bonds is 5. The van der Waals surface area contributed by atoms with Crippen LogP contribution in [-0.4, -0.2) is 46.6 Å². The molecule has 0 spiro atoms. The highest BCUT2D eigenvalue weighted by molar-refractivity contribution is 7.89. The number of sulfonamides is 1. The molecule has 118 valence electrons. The molecule has 0 saturated carbocycles. The van der Waals surface area contributed by atoms with Gasteiger partial charge in [-0.05, 0) is 37.0 Å². The molecule has 1 heterocycles. The number of hydrogen-bond donors (Lipinski definition) is 2. The van der Waals surface area contributed by atoms with Gasteiger partial charge in [-0.3, -0.25) is 0 Å². The summed E-state index contributed by atoms with van der Waals surface area (Å²) in [5.74, 6) is 0.475. The second-order valence-electron chi connectivity index (χ2n) is 5.50. The van der Waals surface area contributed by atoms with E-state index in [0.29, 0.717) is 11.6 Å². The fraction of sp³-hybridized carbons (Fsp3) is 0.571. The first-order chi connectivity index (χ1) is 9.91. The van der Waals surface area contributed by atoms with E-state index >= 15 is 0 Å². The molecule has 1 aliphatic heterocycles. The first kappa shape index (κ1) is 16.1. The van der Waals surface area contributed by atoms with Crippen LogP contribution in [0.3, 0.4) is 0 Å². The lowest BCUT2D eigenvalue weighted by atomic mass is 10.0. The van der Waals surface area contributed by atoms with Gasteiger partial charge in [0, 0.05) is 27.2 Å². The quantitative estimate of drug-likeness (QED) is 0.802. The molecule has 21 heavy (non-hydrogen) atoms. The maximum Gasteiger partial charge on any atom is 0.242 e. The number of hydrogen-bond acceptors (Lipinski definition) is 5. The van der Waals surface area contributed by atoms with Crippen LogP contribution >= 0.6 is 0 Å². The predicted octanol–water partition coefficient (Wildman–Crippen LogP) is 1.36. The van der Waals surface area contributed by atoms with Gasteiger partial charge in [-0.15, -0.1) is 0 Å². The van der Waals surface area contributed by atoms with Crippen molar-refractivity contribution in [2.75, 3.05) is 44.9 Å². The first-order valence-corrected chi connectivity index (χ1v) is 8.49. The summed E-state index contributed by atoms with van der Waals surface area (Å²) in [5.41, 5.74) is 7.16. The van der Waals surface area contributed by atoms with Gasteiger partial charge >= 0.3 is 0 Å². The van der Waals surface area contributed by atoms with E-state index in [1.54, 1.807) is 12.1 Å². The Balaban J connectivity index is 2.05. The Bertz CT molecular complexity index is 581. The summed E-state index contributed by atoms with van der Waals surface area (Å²) >= 11 is 0. The molecule has 0 radical (unpaired) electrons. The van der Waals surface area contributed by atoms with Crippen LogP contribution in [0.25, 0.3) is 0 Å². The predicted molar refractivity (Wildman–Crippen MR) is 83.8 cm³/mol. The molecule has 0 amide bonds. The van der Waals surface area contributed by atoms with E-state index in [9.17, 15) is 8.42 Å². The van der Waals surface area contributed by atoms with E-state index in [4.69, 9.17) is 10.5 Å². The third kappa shape index (κ3) is 3.87. The molecule has 7 heteroatoms. The minimum Gasteiger partial charge on any atom is -0.397 e.